The van der Waals surface area contributed by atoms with Crippen LogP contribution in [0.2, 0.25) is 0 Å². The first-order valence-corrected chi connectivity index (χ1v) is 9.43. The lowest BCUT2D eigenvalue weighted by Crippen LogP contribution is -2.42. The highest BCUT2D eigenvalue weighted by Crippen LogP contribution is 2.23. The average Bonchev–Trinajstić information content (AvgIpc) is 3.29. The second-order valence-electron chi connectivity index (χ2n) is 6.75. The highest BCUT2D eigenvalue weighted by Gasteiger charge is 2.26. The number of ether oxygens (including phenoxy) is 2. The monoisotopic (exact) mass is 377 g/mol. The van der Waals surface area contributed by atoms with Crippen LogP contribution in [0.1, 0.15) is 23.2 Å². The summed E-state index contributed by atoms with van der Waals surface area (Å²) in [6, 6.07) is 17.0. The van der Waals surface area contributed by atoms with Crippen LogP contribution < -0.4 is 9.47 Å². The lowest BCUT2D eigenvalue weighted by molar-refractivity contribution is 0.0595. The zero-order valence-electron chi connectivity index (χ0n) is 15.8. The normalized spacial score (nSPS) is 14.7. The van der Waals surface area contributed by atoms with Crippen molar-refractivity contribution in [2.45, 2.75) is 18.9 Å². The molecule has 6 heteroatoms. The molecule has 1 amide bonds. The molecule has 0 aliphatic carbocycles. The van der Waals surface area contributed by atoms with E-state index in [4.69, 9.17) is 9.47 Å². The lowest BCUT2D eigenvalue weighted by Gasteiger charge is -2.32. The van der Waals surface area contributed by atoms with Crippen LogP contribution in [0.15, 0.2) is 67.0 Å². The molecule has 2 heterocycles. The predicted molar refractivity (Wildman–Crippen MR) is 106 cm³/mol. The van der Waals surface area contributed by atoms with Gasteiger partial charge in [0.2, 0.25) is 0 Å². The Morgan fingerprint density at radius 3 is 2.39 bits per heavy atom. The van der Waals surface area contributed by atoms with Gasteiger partial charge in [0, 0.05) is 38.3 Å². The molecule has 1 aliphatic heterocycles. The summed E-state index contributed by atoms with van der Waals surface area (Å²) < 4.78 is 13.0. The molecule has 1 aliphatic rings. The van der Waals surface area contributed by atoms with Crippen molar-refractivity contribution < 1.29 is 14.3 Å². The molecule has 0 bridgehead atoms. The molecule has 2 aromatic carbocycles. The molecule has 6 nitrogen and oxygen atoms in total. The SMILES string of the molecule is COc1ccc(OC2CCN(C(=O)c3ccccc3-n3cccn3)CC2)cc1. The first kappa shape index (κ1) is 18.1. The van der Waals surface area contributed by atoms with Gasteiger partial charge in [-0.1, -0.05) is 12.1 Å². The molecular formula is C22H23N3O3. The molecule has 0 atom stereocenters. The maximum absolute atomic E-state index is 13.1. The van der Waals surface area contributed by atoms with Crippen molar-refractivity contribution in [1.29, 1.82) is 0 Å². The third-order valence-electron chi connectivity index (χ3n) is 4.98. The van der Waals surface area contributed by atoms with Crippen molar-refractivity contribution in [3.05, 3.63) is 72.6 Å². The molecule has 1 aromatic heterocycles. The number of hydrogen-bond acceptors (Lipinski definition) is 4. The van der Waals surface area contributed by atoms with Crippen LogP contribution >= 0.6 is 0 Å². The van der Waals surface area contributed by atoms with Crippen molar-refractivity contribution in [1.82, 2.24) is 14.7 Å². The summed E-state index contributed by atoms with van der Waals surface area (Å²) in [4.78, 5) is 15.0. The van der Waals surface area contributed by atoms with Crippen molar-refractivity contribution in [3.8, 4) is 17.2 Å². The van der Waals surface area contributed by atoms with E-state index in [-0.39, 0.29) is 12.0 Å². The number of benzene rings is 2. The Morgan fingerprint density at radius 1 is 1.00 bits per heavy atom. The smallest absolute Gasteiger partial charge is 0.256 e. The number of nitrogens with zero attached hydrogens (tertiary/aromatic N) is 3. The molecule has 0 unspecified atom stereocenters. The maximum Gasteiger partial charge on any atom is 0.256 e. The van der Waals surface area contributed by atoms with E-state index in [9.17, 15) is 4.79 Å². The number of carbonyl (C=O) groups is 1. The van der Waals surface area contributed by atoms with Gasteiger partial charge in [-0.3, -0.25) is 4.79 Å². The number of methoxy groups -OCH3 is 1. The first-order valence-electron chi connectivity index (χ1n) is 9.43. The van der Waals surface area contributed by atoms with Crippen LogP contribution in [0.5, 0.6) is 11.5 Å². The maximum atomic E-state index is 13.1. The average molecular weight is 377 g/mol. The van der Waals surface area contributed by atoms with Crippen molar-refractivity contribution >= 4 is 5.91 Å². The number of rotatable bonds is 5. The highest BCUT2D eigenvalue weighted by molar-refractivity contribution is 5.97. The van der Waals surface area contributed by atoms with Gasteiger partial charge in [-0.2, -0.15) is 5.10 Å². The van der Waals surface area contributed by atoms with Crippen LogP contribution in [0, 0.1) is 0 Å². The standard InChI is InChI=1S/C22H23N3O3/c1-27-17-7-9-18(10-8-17)28-19-11-15-24(16-12-19)22(26)20-5-2-3-6-21(20)25-14-4-13-23-25/h2-10,13-14,19H,11-12,15-16H2,1H3. The van der Waals surface area contributed by atoms with Gasteiger partial charge in [0.1, 0.15) is 17.6 Å². The molecule has 144 valence electrons. The van der Waals surface area contributed by atoms with E-state index < -0.39 is 0 Å². The number of hydrogen-bond donors (Lipinski definition) is 0. The molecule has 0 radical (unpaired) electrons. The Hall–Kier alpha value is -3.28. The molecular weight excluding hydrogens is 354 g/mol. The van der Waals surface area contributed by atoms with Crippen molar-refractivity contribution in [2.75, 3.05) is 20.2 Å². The second kappa shape index (κ2) is 8.17. The number of para-hydroxylation sites is 1. The van der Waals surface area contributed by atoms with Crippen LogP contribution in [0.25, 0.3) is 5.69 Å². The summed E-state index contributed by atoms with van der Waals surface area (Å²) in [5.41, 5.74) is 1.47. The van der Waals surface area contributed by atoms with E-state index in [1.165, 1.54) is 0 Å². The topological polar surface area (TPSA) is 56.6 Å². The van der Waals surface area contributed by atoms with Crippen LogP contribution in [-0.4, -0.2) is 46.9 Å². The Balaban J connectivity index is 1.39. The molecule has 1 fully saturated rings. The van der Waals surface area contributed by atoms with Crippen LogP contribution in [-0.2, 0) is 0 Å². The van der Waals surface area contributed by atoms with Gasteiger partial charge in [-0.25, -0.2) is 4.68 Å². The molecule has 0 N–H and O–H groups in total. The number of likely N-dealkylation sites (tertiary alicyclic amines) is 1. The summed E-state index contributed by atoms with van der Waals surface area (Å²) in [6.45, 7) is 1.35. The summed E-state index contributed by atoms with van der Waals surface area (Å²) >= 11 is 0. The van der Waals surface area contributed by atoms with Crippen molar-refractivity contribution in [2.24, 2.45) is 0 Å². The predicted octanol–water partition coefficient (Wildman–Crippen LogP) is 3.56. The number of amides is 1. The number of carbonyl (C=O) groups excluding carboxylic acids is 1. The van der Waals surface area contributed by atoms with Gasteiger partial charge in [-0.05, 0) is 42.5 Å². The molecule has 1 saturated heterocycles. The molecule has 0 spiro atoms. The van der Waals surface area contributed by atoms with E-state index in [0.717, 1.165) is 30.0 Å². The fraction of sp³-hybridized carbons (Fsp3) is 0.273. The van der Waals surface area contributed by atoms with E-state index in [1.807, 2.05) is 65.7 Å². The third kappa shape index (κ3) is 3.86. The van der Waals surface area contributed by atoms with Gasteiger partial charge in [-0.15, -0.1) is 0 Å². The molecule has 0 saturated carbocycles. The Bertz CT molecular complexity index is 914. The van der Waals surface area contributed by atoms with Crippen LogP contribution in [0.3, 0.4) is 0 Å². The van der Waals surface area contributed by atoms with E-state index in [1.54, 1.807) is 18.0 Å². The summed E-state index contributed by atoms with van der Waals surface area (Å²) in [5.74, 6) is 1.67. The zero-order valence-corrected chi connectivity index (χ0v) is 15.8. The third-order valence-corrected chi connectivity index (χ3v) is 4.98. The Morgan fingerprint density at radius 2 is 1.71 bits per heavy atom. The Kier molecular flexibility index (Phi) is 5.28. The van der Waals surface area contributed by atoms with Gasteiger partial charge >= 0.3 is 0 Å². The summed E-state index contributed by atoms with van der Waals surface area (Å²) in [5, 5.41) is 4.26. The molecule has 4 rings (SSSR count). The van der Waals surface area contributed by atoms with Gasteiger partial charge in [0.05, 0.1) is 18.4 Å². The van der Waals surface area contributed by atoms with E-state index >= 15 is 0 Å². The fourth-order valence-electron chi connectivity index (χ4n) is 3.46. The minimum Gasteiger partial charge on any atom is -0.497 e. The van der Waals surface area contributed by atoms with E-state index in [0.29, 0.717) is 18.7 Å². The number of piperidine rings is 1. The number of aromatic nitrogens is 2. The largest absolute Gasteiger partial charge is 0.497 e. The Labute approximate surface area is 164 Å². The first-order chi connectivity index (χ1) is 13.7. The highest BCUT2D eigenvalue weighted by atomic mass is 16.5. The minimum absolute atomic E-state index is 0.0361. The molecule has 28 heavy (non-hydrogen) atoms. The lowest BCUT2D eigenvalue weighted by atomic mass is 10.1. The zero-order chi connectivity index (χ0) is 19.3. The quantitative estimate of drug-likeness (QED) is 0.682. The van der Waals surface area contributed by atoms with E-state index in [2.05, 4.69) is 5.10 Å². The van der Waals surface area contributed by atoms with Gasteiger partial charge in [0.15, 0.2) is 0 Å². The minimum atomic E-state index is 0.0361. The second-order valence-corrected chi connectivity index (χ2v) is 6.75. The summed E-state index contributed by atoms with van der Waals surface area (Å²) in [6.07, 6.45) is 5.28. The summed E-state index contributed by atoms with van der Waals surface area (Å²) in [7, 11) is 1.65. The van der Waals surface area contributed by atoms with Crippen molar-refractivity contribution in [3.63, 3.8) is 0 Å². The van der Waals surface area contributed by atoms with Crippen LogP contribution in [0.4, 0.5) is 0 Å². The molecule has 3 aromatic rings. The fourth-order valence-corrected chi connectivity index (χ4v) is 3.46. The van der Waals surface area contributed by atoms with Gasteiger partial charge < -0.3 is 14.4 Å². The van der Waals surface area contributed by atoms with Gasteiger partial charge in [0.25, 0.3) is 5.91 Å².